The molecule has 4 heterocycles. The summed E-state index contributed by atoms with van der Waals surface area (Å²) in [4.78, 5) is 40.7. The predicted molar refractivity (Wildman–Crippen MR) is 119 cm³/mol. The summed E-state index contributed by atoms with van der Waals surface area (Å²) < 4.78 is 25.3. The third-order valence-electron chi connectivity index (χ3n) is 7.06. The zero-order chi connectivity index (χ0) is 23.9. The summed E-state index contributed by atoms with van der Waals surface area (Å²) in [5.41, 5.74) is -0.00306. The van der Waals surface area contributed by atoms with Crippen LogP contribution < -0.4 is 16.0 Å². The molecule has 2 amide bonds. The molecule has 1 unspecified atom stereocenters. The van der Waals surface area contributed by atoms with Crippen molar-refractivity contribution >= 4 is 29.5 Å². The normalized spacial score (nSPS) is 33.3. The van der Waals surface area contributed by atoms with Gasteiger partial charge in [-0.3, -0.25) is 14.5 Å². The van der Waals surface area contributed by atoms with Crippen molar-refractivity contribution in [3.8, 4) is 0 Å². The molecule has 4 rings (SSSR count). The van der Waals surface area contributed by atoms with E-state index in [9.17, 15) is 28.3 Å². The molecule has 3 saturated heterocycles. The number of β-lactam (4-membered cyclic amide) rings is 1. The Balaban J connectivity index is 1.41. The lowest BCUT2D eigenvalue weighted by atomic mass is 9.78. The van der Waals surface area contributed by atoms with E-state index < -0.39 is 42.2 Å². The summed E-state index contributed by atoms with van der Waals surface area (Å²) in [6.45, 7) is 9.10. The number of carboxylic acid groups (broad SMARTS) is 1. The number of halogens is 2. The largest absolute Gasteiger partial charge is 0.477 e. The van der Waals surface area contributed by atoms with Crippen LogP contribution in [0, 0.1) is 11.8 Å². The minimum Gasteiger partial charge on any atom is -0.477 e. The summed E-state index contributed by atoms with van der Waals surface area (Å²) in [5.74, 6) is -4.00. The summed E-state index contributed by atoms with van der Waals surface area (Å²) in [5, 5.41) is 19.1. The maximum atomic E-state index is 12.8. The molecule has 6 atom stereocenters. The zero-order valence-electron chi connectivity index (χ0n) is 18.7. The Morgan fingerprint density at radius 3 is 2.64 bits per heavy atom. The standard InChI is InChI=1S/C21H31F2N5O4S/c1-10-15-14(11(2)26-19(29)18(22)23)20(30)28(15)16(21(31)32)17(10)33-13-7-12(25-8-13)9-27-5-3-24-4-6-27/h10-15,18,24-25H,3-9H2,1-2H3,(H,26,29)(H,31,32)/t10-,11?,12+,13+,14-,15-/m1/s1. The molecular formula is C21H31F2N5O4S. The molecule has 12 heteroatoms. The molecule has 0 aromatic carbocycles. The lowest BCUT2D eigenvalue weighted by molar-refractivity contribution is -0.159. The fraction of sp³-hybridized carbons (Fsp3) is 0.762. The van der Waals surface area contributed by atoms with Gasteiger partial charge in [0.05, 0.1) is 12.0 Å². The van der Waals surface area contributed by atoms with Crippen molar-refractivity contribution in [2.24, 2.45) is 11.8 Å². The zero-order valence-corrected chi connectivity index (χ0v) is 19.5. The molecule has 33 heavy (non-hydrogen) atoms. The van der Waals surface area contributed by atoms with Crippen molar-refractivity contribution in [2.75, 3.05) is 39.3 Å². The van der Waals surface area contributed by atoms with Gasteiger partial charge in [-0.1, -0.05) is 6.92 Å². The Kier molecular flexibility index (Phi) is 7.27. The Morgan fingerprint density at radius 2 is 2.00 bits per heavy atom. The molecule has 3 fully saturated rings. The highest BCUT2D eigenvalue weighted by Gasteiger charge is 2.60. The summed E-state index contributed by atoms with van der Waals surface area (Å²) >= 11 is 1.51. The van der Waals surface area contributed by atoms with E-state index in [-0.39, 0.29) is 16.9 Å². The average molecular weight is 488 g/mol. The molecule has 0 saturated carbocycles. The van der Waals surface area contributed by atoms with Crippen LogP contribution >= 0.6 is 11.8 Å². The highest BCUT2D eigenvalue weighted by atomic mass is 32.2. The predicted octanol–water partition coefficient (Wildman–Crippen LogP) is -0.102. The van der Waals surface area contributed by atoms with Crippen molar-refractivity contribution < 1.29 is 28.3 Å². The summed E-state index contributed by atoms with van der Waals surface area (Å²) in [6.07, 6.45) is -2.26. The van der Waals surface area contributed by atoms with E-state index in [1.165, 1.54) is 23.6 Å². The van der Waals surface area contributed by atoms with Crippen molar-refractivity contribution in [3.05, 3.63) is 10.6 Å². The fourth-order valence-corrected chi connectivity index (χ4v) is 6.99. The fourth-order valence-electron chi connectivity index (χ4n) is 5.47. The molecule has 184 valence electrons. The van der Waals surface area contributed by atoms with E-state index >= 15 is 0 Å². The third kappa shape index (κ3) is 4.75. The SMILES string of the molecule is CC(NC(=O)C(F)F)[C@H]1C(=O)N2C(C(=O)O)=C(S[C@@H]3CN[C@H](CN4CCNCC4)C3)[C@H](C)[C@H]12. The highest BCUT2D eigenvalue weighted by molar-refractivity contribution is 8.03. The van der Waals surface area contributed by atoms with Crippen LogP contribution in [0.5, 0.6) is 0 Å². The highest BCUT2D eigenvalue weighted by Crippen LogP contribution is 2.51. The van der Waals surface area contributed by atoms with E-state index in [0.29, 0.717) is 10.9 Å². The Hall–Kier alpha value is -1.76. The van der Waals surface area contributed by atoms with Gasteiger partial charge in [0.1, 0.15) is 5.70 Å². The van der Waals surface area contributed by atoms with Crippen LogP contribution in [0.15, 0.2) is 10.6 Å². The number of carbonyl (C=O) groups excluding carboxylic acids is 2. The van der Waals surface area contributed by atoms with Gasteiger partial charge in [-0.05, 0) is 13.3 Å². The van der Waals surface area contributed by atoms with Crippen LogP contribution in [0.25, 0.3) is 0 Å². The molecule has 0 spiro atoms. The number of nitrogens with one attached hydrogen (secondary N) is 3. The van der Waals surface area contributed by atoms with Gasteiger partial charge in [0.2, 0.25) is 5.91 Å². The first-order chi connectivity index (χ1) is 15.7. The number of carbonyl (C=O) groups is 3. The van der Waals surface area contributed by atoms with Gasteiger partial charge in [-0.15, -0.1) is 11.8 Å². The van der Waals surface area contributed by atoms with Crippen molar-refractivity contribution in [1.29, 1.82) is 0 Å². The van der Waals surface area contributed by atoms with E-state index in [2.05, 4.69) is 20.9 Å². The van der Waals surface area contributed by atoms with Gasteiger partial charge in [0.25, 0.3) is 5.91 Å². The van der Waals surface area contributed by atoms with Crippen LogP contribution in [0.2, 0.25) is 0 Å². The number of nitrogens with zero attached hydrogens (tertiary/aromatic N) is 2. The number of amides is 2. The number of hydrogen-bond acceptors (Lipinski definition) is 7. The maximum absolute atomic E-state index is 12.8. The Morgan fingerprint density at radius 1 is 1.30 bits per heavy atom. The second-order valence-corrected chi connectivity index (χ2v) is 10.6. The van der Waals surface area contributed by atoms with E-state index in [4.69, 9.17) is 0 Å². The van der Waals surface area contributed by atoms with Gasteiger partial charge >= 0.3 is 12.4 Å². The van der Waals surface area contributed by atoms with E-state index in [1.807, 2.05) is 6.92 Å². The molecule has 0 radical (unpaired) electrons. The molecule has 0 aromatic heterocycles. The number of piperazine rings is 1. The van der Waals surface area contributed by atoms with Crippen LogP contribution in [-0.4, -0.2) is 102 Å². The molecule has 9 nitrogen and oxygen atoms in total. The Bertz CT molecular complexity index is 837. The van der Waals surface area contributed by atoms with Crippen LogP contribution in [-0.2, 0) is 14.4 Å². The monoisotopic (exact) mass is 487 g/mol. The lowest BCUT2D eigenvalue weighted by Crippen LogP contribution is -2.66. The number of rotatable bonds is 8. The summed E-state index contributed by atoms with van der Waals surface area (Å²) in [6, 6.07) is -0.925. The molecule has 4 aliphatic rings. The number of fused-ring (bicyclic) bond motifs is 1. The first kappa shape index (κ1) is 24.4. The first-order valence-electron chi connectivity index (χ1n) is 11.4. The number of thioether (sulfide) groups is 1. The van der Waals surface area contributed by atoms with E-state index in [1.54, 1.807) is 0 Å². The number of carboxylic acids is 1. The molecule has 4 N–H and O–H groups in total. The second-order valence-electron chi connectivity index (χ2n) is 9.26. The Labute approximate surface area is 195 Å². The number of hydrogen-bond donors (Lipinski definition) is 4. The molecular weight excluding hydrogens is 456 g/mol. The number of alkyl halides is 2. The van der Waals surface area contributed by atoms with Crippen LogP contribution in [0.1, 0.15) is 20.3 Å². The quantitative estimate of drug-likeness (QED) is 0.351. The van der Waals surface area contributed by atoms with Crippen LogP contribution in [0.3, 0.4) is 0 Å². The smallest absolute Gasteiger partial charge is 0.353 e. The summed E-state index contributed by atoms with van der Waals surface area (Å²) in [7, 11) is 0. The lowest BCUT2D eigenvalue weighted by Gasteiger charge is -2.47. The van der Waals surface area contributed by atoms with Gasteiger partial charge in [-0.2, -0.15) is 8.78 Å². The molecule has 0 bridgehead atoms. The molecule has 0 aromatic rings. The van der Waals surface area contributed by atoms with Crippen molar-refractivity contribution in [1.82, 2.24) is 25.8 Å². The maximum Gasteiger partial charge on any atom is 0.353 e. The minimum atomic E-state index is -3.16. The minimum absolute atomic E-state index is 0.00306. The van der Waals surface area contributed by atoms with Gasteiger partial charge in [-0.25, -0.2) is 4.79 Å². The van der Waals surface area contributed by atoms with Gasteiger partial charge < -0.3 is 26.0 Å². The van der Waals surface area contributed by atoms with Crippen molar-refractivity contribution in [2.45, 2.75) is 50.1 Å². The van der Waals surface area contributed by atoms with Crippen LogP contribution in [0.4, 0.5) is 8.78 Å². The topological polar surface area (TPSA) is 114 Å². The van der Waals surface area contributed by atoms with Gasteiger partial charge in [0.15, 0.2) is 0 Å². The number of aliphatic carboxylic acids is 1. The van der Waals surface area contributed by atoms with Gasteiger partial charge in [0, 0.05) is 67.4 Å². The second kappa shape index (κ2) is 9.85. The van der Waals surface area contributed by atoms with E-state index in [0.717, 1.165) is 45.7 Å². The third-order valence-corrected chi connectivity index (χ3v) is 8.57. The average Bonchev–Trinajstić information content (AvgIpc) is 3.29. The molecule has 4 aliphatic heterocycles. The molecule has 0 aliphatic carbocycles. The first-order valence-corrected chi connectivity index (χ1v) is 12.3. The van der Waals surface area contributed by atoms with Crippen molar-refractivity contribution in [3.63, 3.8) is 0 Å².